The molecular formula is C14H17NO3. The Bertz CT molecular complexity index is 510. The third-order valence-corrected chi connectivity index (χ3v) is 2.84. The largest absolute Gasteiger partial charge is 0.371 e. The van der Waals surface area contributed by atoms with Crippen molar-refractivity contribution in [2.45, 2.75) is 19.3 Å². The summed E-state index contributed by atoms with van der Waals surface area (Å²) < 4.78 is 10.6. The number of rotatable bonds is 5. The predicted octanol–water partition coefficient (Wildman–Crippen LogP) is 2.28. The molecule has 2 aromatic rings. The fourth-order valence-corrected chi connectivity index (χ4v) is 2.03. The molecule has 2 rings (SSSR count). The van der Waals surface area contributed by atoms with Crippen molar-refractivity contribution >= 4 is 10.9 Å². The molecular weight excluding hydrogens is 230 g/mol. The first kappa shape index (κ1) is 13.0. The molecule has 2 atom stereocenters. The lowest BCUT2D eigenvalue weighted by Gasteiger charge is -2.22. The quantitative estimate of drug-likeness (QED) is 0.823. The van der Waals surface area contributed by atoms with Crippen LogP contribution in [0, 0.1) is 0 Å². The minimum atomic E-state index is -0.981. The average molecular weight is 247 g/mol. The molecule has 0 bridgehead atoms. The smallest absolute Gasteiger partial charge is 0.185 e. The average Bonchev–Trinajstić information content (AvgIpc) is 2.40. The SMILES string of the molecule is CCOC(O)C(OC)c1cccc2ncccc12. The highest BCUT2D eigenvalue weighted by molar-refractivity contribution is 5.82. The van der Waals surface area contributed by atoms with Gasteiger partial charge in [0.1, 0.15) is 6.10 Å². The molecule has 4 nitrogen and oxygen atoms in total. The molecule has 18 heavy (non-hydrogen) atoms. The zero-order valence-electron chi connectivity index (χ0n) is 10.5. The van der Waals surface area contributed by atoms with Crippen LogP contribution in [0.1, 0.15) is 18.6 Å². The zero-order valence-corrected chi connectivity index (χ0v) is 10.5. The van der Waals surface area contributed by atoms with E-state index >= 15 is 0 Å². The Kier molecular flexibility index (Phi) is 4.25. The first-order valence-electron chi connectivity index (χ1n) is 5.94. The number of aliphatic hydroxyl groups excluding tert-OH is 1. The van der Waals surface area contributed by atoms with Crippen LogP contribution in [0.5, 0.6) is 0 Å². The van der Waals surface area contributed by atoms with Crippen molar-refractivity contribution in [3.63, 3.8) is 0 Å². The van der Waals surface area contributed by atoms with Gasteiger partial charge < -0.3 is 14.6 Å². The van der Waals surface area contributed by atoms with Gasteiger partial charge in [-0.1, -0.05) is 18.2 Å². The van der Waals surface area contributed by atoms with E-state index in [-0.39, 0.29) is 0 Å². The molecule has 1 aromatic carbocycles. The minimum absolute atomic E-state index is 0.435. The Balaban J connectivity index is 2.44. The van der Waals surface area contributed by atoms with E-state index in [9.17, 15) is 5.11 Å². The molecule has 0 amide bonds. The van der Waals surface area contributed by atoms with E-state index < -0.39 is 12.4 Å². The van der Waals surface area contributed by atoms with Crippen molar-refractivity contribution < 1.29 is 14.6 Å². The van der Waals surface area contributed by atoms with Gasteiger partial charge in [0.2, 0.25) is 0 Å². The first-order chi connectivity index (χ1) is 8.77. The summed E-state index contributed by atoms with van der Waals surface area (Å²) in [6, 6.07) is 9.57. The van der Waals surface area contributed by atoms with Crippen LogP contribution in [-0.2, 0) is 9.47 Å². The number of aromatic nitrogens is 1. The van der Waals surface area contributed by atoms with Gasteiger partial charge in [-0.25, -0.2) is 0 Å². The Hall–Kier alpha value is -1.49. The van der Waals surface area contributed by atoms with Gasteiger partial charge in [-0.2, -0.15) is 0 Å². The van der Waals surface area contributed by atoms with Gasteiger partial charge in [-0.05, 0) is 24.6 Å². The Morgan fingerprint density at radius 3 is 2.83 bits per heavy atom. The highest BCUT2D eigenvalue weighted by Crippen LogP contribution is 2.28. The second kappa shape index (κ2) is 5.91. The lowest BCUT2D eigenvalue weighted by Crippen LogP contribution is -2.23. The van der Waals surface area contributed by atoms with Crippen molar-refractivity contribution in [1.29, 1.82) is 0 Å². The number of fused-ring (bicyclic) bond motifs is 1. The van der Waals surface area contributed by atoms with Gasteiger partial charge in [0, 0.05) is 25.3 Å². The fourth-order valence-electron chi connectivity index (χ4n) is 2.03. The number of aliphatic hydroxyl groups is 1. The fraction of sp³-hybridized carbons (Fsp3) is 0.357. The van der Waals surface area contributed by atoms with Crippen molar-refractivity contribution in [2.75, 3.05) is 13.7 Å². The third-order valence-electron chi connectivity index (χ3n) is 2.84. The maximum Gasteiger partial charge on any atom is 0.185 e. The summed E-state index contributed by atoms with van der Waals surface area (Å²) in [5, 5.41) is 10.9. The molecule has 0 saturated carbocycles. The Morgan fingerprint density at radius 2 is 2.11 bits per heavy atom. The summed E-state index contributed by atoms with van der Waals surface area (Å²) in [6.07, 6.45) is 0.246. The van der Waals surface area contributed by atoms with Crippen LogP contribution in [0.4, 0.5) is 0 Å². The van der Waals surface area contributed by atoms with Gasteiger partial charge in [0.15, 0.2) is 6.29 Å². The summed E-state index contributed by atoms with van der Waals surface area (Å²) in [4.78, 5) is 4.29. The monoisotopic (exact) mass is 247 g/mol. The van der Waals surface area contributed by atoms with Gasteiger partial charge in [-0.15, -0.1) is 0 Å². The lowest BCUT2D eigenvalue weighted by atomic mass is 10.0. The van der Waals surface area contributed by atoms with Crippen LogP contribution in [0.15, 0.2) is 36.5 Å². The van der Waals surface area contributed by atoms with Crippen molar-refractivity contribution in [2.24, 2.45) is 0 Å². The summed E-state index contributed by atoms with van der Waals surface area (Å²) in [5.74, 6) is 0. The molecule has 4 heteroatoms. The second-order valence-corrected chi connectivity index (χ2v) is 3.92. The number of nitrogens with zero attached hydrogens (tertiary/aromatic N) is 1. The zero-order chi connectivity index (χ0) is 13.0. The van der Waals surface area contributed by atoms with Gasteiger partial charge in [0.05, 0.1) is 5.52 Å². The van der Waals surface area contributed by atoms with Crippen LogP contribution in [0.2, 0.25) is 0 Å². The maximum atomic E-state index is 9.95. The minimum Gasteiger partial charge on any atom is -0.371 e. The molecule has 1 aromatic heterocycles. The van der Waals surface area contributed by atoms with Crippen LogP contribution < -0.4 is 0 Å². The van der Waals surface area contributed by atoms with Crippen molar-refractivity contribution in [1.82, 2.24) is 4.98 Å². The van der Waals surface area contributed by atoms with Gasteiger partial charge >= 0.3 is 0 Å². The summed E-state index contributed by atoms with van der Waals surface area (Å²) in [5.41, 5.74) is 1.75. The van der Waals surface area contributed by atoms with Crippen molar-refractivity contribution in [3.8, 4) is 0 Å². The van der Waals surface area contributed by atoms with Crippen molar-refractivity contribution in [3.05, 3.63) is 42.1 Å². The Morgan fingerprint density at radius 1 is 1.28 bits per heavy atom. The van der Waals surface area contributed by atoms with E-state index in [1.807, 2.05) is 37.3 Å². The third kappa shape index (κ3) is 2.51. The second-order valence-electron chi connectivity index (χ2n) is 3.92. The van der Waals surface area contributed by atoms with Crippen LogP contribution in [-0.4, -0.2) is 30.1 Å². The highest BCUT2D eigenvalue weighted by atomic mass is 16.6. The lowest BCUT2D eigenvalue weighted by molar-refractivity contribution is -0.169. The van der Waals surface area contributed by atoms with Crippen LogP contribution in [0.3, 0.4) is 0 Å². The van der Waals surface area contributed by atoms with Gasteiger partial charge in [0.25, 0.3) is 0 Å². The molecule has 96 valence electrons. The number of methoxy groups -OCH3 is 1. The molecule has 0 fully saturated rings. The number of hydrogen-bond acceptors (Lipinski definition) is 4. The van der Waals surface area contributed by atoms with E-state index in [4.69, 9.17) is 9.47 Å². The van der Waals surface area contributed by atoms with E-state index in [1.165, 1.54) is 0 Å². The molecule has 0 saturated heterocycles. The molecule has 0 aliphatic heterocycles. The number of benzene rings is 1. The normalized spacial score (nSPS) is 14.6. The van der Waals surface area contributed by atoms with E-state index in [0.717, 1.165) is 16.5 Å². The molecule has 1 heterocycles. The van der Waals surface area contributed by atoms with E-state index in [2.05, 4.69) is 4.98 Å². The van der Waals surface area contributed by atoms with Crippen LogP contribution >= 0.6 is 0 Å². The molecule has 0 aliphatic carbocycles. The number of ether oxygens (including phenoxy) is 2. The summed E-state index contributed by atoms with van der Waals surface area (Å²) in [7, 11) is 1.56. The highest BCUT2D eigenvalue weighted by Gasteiger charge is 2.22. The first-order valence-corrected chi connectivity index (χ1v) is 5.94. The topological polar surface area (TPSA) is 51.6 Å². The molecule has 0 radical (unpaired) electrons. The van der Waals surface area contributed by atoms with Gasteiger partial charge in [-0.3, -0.25) is 4.98 Å². The predicted molar refractivity (Wildman–Crippen MR) is 69.1 cm³/mol. The maximum absolute atomic E-state index is 9.95. The summed E-state index contributed by atoms with van der Waals surface area (Å²) >= 11 is 0. The number of hydrogen-bond donors (Lipinski definition) is 1. The molecule has 0 spiro atoms. The van der Waals surface area contributed by atoms with E-state index in [0.29, 0.717) is 6.61 Å². The molecule has 1 N–H and O–H groups in total. The Labute approximate surface area is 106 Å². The summed E-state index contributed by atoms with van der Waals surface area (Å²) in [6.45, 7) is 2.27. The molecule has 0 aliphatic rings. The number of pyridine rings is 1. The standard InChI is InChI=1S/C14H17NO3/c1-3-18-14(16)13(17-2)11-6-4-8-12-10(11)7-5-9-15-12/h4-9,13-14,16H,3H2,1-2H3. The molecule has 2 unspecified atom stereocenters. The van der Waals surface area contributed by atoms with E-state index in [1.54, 1.807) is 13.3 Å². The van der Waals surface area contributed by atoms with Crippen LogP contribution in [0.25, 0.3) is 10.9 Å².